The van der Waals surface area contributed by atoms with Crippen molar-refractivity contribution in [3.63, 3.8) is 0 Å². The van der Waals surface area contributed by atoms with E-state index >= 15 is 0 Å². The van der Waals surface area contributed by atoms with Crippen molar-refractivity contribution in [2.24, 2.45) is 5.92 Å². The van der Waals surface area contributed by atoms with Gasteiger partial charge in [-0.2, -0.15) is 0 Å². The van der Waals surface area contributed by atoms with Crippen LogP contribution in [0.4, 0.5) is 0 Å². The van der Waals surface area contributed by atoms with Gasteiger partial charge >= 0.3 is 11.9 Å². The van der Waals surface area contributed by atoms with Gasteiger partial charge in [0.05, 0.1) is 6.42 Å². The first-order valence-corrected chi connectivity index (χ1v) is 7.35. The fourth-order valence-corrected chi connectivity index (χ4v) is 2.67. The van der Waals surface area contributed by atoms with E-state index in [0.29, 0.717) is 5.92 Å². The summed E-state index contributed by atoms with van der Waals surface area (Å²) < 4.78 is 10.6. The predicted molar refractivity (Wildman–Crippen MR) is 76.9 cm³/mol. The Morgan fingerprint density at radius 3 is 2.73 bits per heavy atom. The summed E-state index contributed by atoms with van der Waals surface area (Å²) in [6.07, 6.45) is 3.40. The summed E-state index contributed by atoms with van der Waals surface area (Å²) in [5.41, 5.74) is -0.751. The molecule has 3 atom stereocenters. The lowest BCUT2D eigenvalue weighted by molar-refractivity contribution is -0.147. The van der Waals surface area contributed by atoms with Crippen molar-refractivity contribution in [1.82, 2.24) is 0 Å². The van der Waals surface area contributed by atoms with E-state index in [1.165, 1.54) is 0 Å². The van der Waals surface area contributed by atoms with Crippen LogP contribution < -0.4 is 0 Å². The van der Waals surface area contributed by atoms with Crippen LogP contribution in [0.25, 0.3) is 0 Å². The van der Waals surface area contributed by atoms with Crippen molar-refractivity contribution in [2.45, 2.75) is 51.7 Å². The van der Waals surface area contributed by atoms with Crippen molar-refractivity contribution >= 4 is 17.7 Å². The van der Waals surface area contributed by atoms with Crippen LogP contribution >= 0.6 is 0 Å². The van der Waals surface area contributed by atoms with Gasteiger partial charge in [0.15, 0.2) is 6.10 Å². The summed E-state index contributed by atoms with van der Waals surface area (Å²) in [6.45, 7) is 6.08. The maximum Gasteiger partial charge on any atom is 0.346 e. The number of hydrogen-bond donors (Lipinski definition) is 1. The smallest absolute Gasteiger partial charge is 0.346 e. The van der Waals surface area contributed by atoms with Crippen molar-refractivity contribution in [1.29, 1.82) is 0 Å². The summed E-state index contributed by atoms with van der Waals surface area (Å²) in [6, 6.07) is 0. The van der Waals surface area contributed by atoms with E-state index in [-0.39, 0.29) is 11.3 Å². The maximum absolute atomic E-state index is 12.1. The second-order valence-corrected chi connectivity index (χ2v) is 6.06. The molecule has 6 heteroatoms. The Hall–Kier alpha value is -2.11. The minimum Gasteiger partial charge on any atom is -0.482 e. The molecule has 0 bridgehead atoms. The summed E-state index contributed by atoms with van der Waals surface area (Å²) in [7, 11) is 0. The predicted octanol–water partition coefficient (Wildman–Crippen LogP) is 1.99. The number of ether oxygens (including phenoxy) is 2. The number of carboxylic acids is 1. The average molecular weight is 308 g/mol. The SMILES string of the molecule is CCC(C)C[C@@]1(C)C=C/C(=C2/C(=O)O[C@H](CC(=O)O)C2=O)O1. The van der Waals surface area contributed by atoms with Crippen LogP contribution in [-0.4, -0.2) is 34.5 Å². The Balaban J connectivity index is 2.19. The Morgan fingerprint density at radius 1 is 1.45 bits per heavy atom. The molecule has 1 unspecified atom stereocenters. The molecule has 1 fully saturated rings. The lowest BCUT2D eigenvalue weighted by atomic mass is 9.92. The van der Waals surface area contributed by atoms with E-state index in [0.717, 1.165) is 12.8 Å². The number of Topliss-reactive ketones (excluding diaryl/α,β-unsaturated/α-hetero) is 1. The van der Waals surface area contributed by atoms with Crippen molar-refractivity contribution in [2.75, 3.05) is 0 Å². The zero-order chi connectivity index (χ0) is 16.5. The molecule has 0 spiro atoms. The molecule has 0 radical (unpaired) electrons. The van der Waals surface area contributed by atoms with E-state index in [4.69, 9.17) is 14.6 Å². The third-order valence-electron chi connectivity index (χ3n) is 3.98. The molecular weight excluding hydrogens is 288 g/mol. The van der Waals surface area contributed by atoms with Crippen molar-refractivity contribution in [3.05, 3.63) is 23.5 Å². The molecule has 2 aliphatic heterocycles. The first-order valence-electron chi connectivity index (χ1n) is 7.35. The number of allylic oxidation sites excluding steroid dienone is 1. The molecule has 0 amide bonds. The molecule has 0 aliphatic carbocycles. The summed E-state index contributed by atoms with van der Waals surface area (Å²) in [5, 5.41) is 8.73. The zero-order valence-electron chi connectivity index (χ0n) is 12.9. The monoisotopic (exact) mass is 308 g/mol. The quantitative estimate of drug-likeness (QED) is 0.474. The molecule has 22 heavy (non-hydrogen) atoms. The second kappa shape index (κ2) is 5.94. The van der Waals surface area contributed by atoms with Gasteiger partial charge in [0.25, 0.3) is 0 Å². The normalized spacial score (nSPS) is 32.0. The fraction of sp³-hybridized carbons (Fsp3) is 0.562. The topological polar surface area (TPSA) is 89.9 Å². The van der Waals surface area contributed by atoms with Gasteiger partial charge in [0, 0.05) is 0 Å². The molecule has 6 nitrogen and oxygen atoms in total. The fourth-order valence-electron chi connectivity index (χ4n) is 2.67. The van der Waals surface area contributed by atoms with Crippen LogP contribution in [0, 0.1) is 5.92 Å². The van der Waals surface area contributed by atoms with Crippen LogP contribution in [0.2, 0.25) is 0 Å². The van der Waals surface area contributed by atoms with E-state index in [2.05, 4.69) is 13.8 Å². The lowest BCUT2D eigenvalue weighted by Crippen LogP contribution is -2.25. The molecule has 0 aromatic rings. The number of rotatable bonds is 5. The average Bonchev–Trinajstić information content (AvgIpc) is 2.90. The van der Waals surface area contributed by atoms with Gasteiger partial charge in [-0.3, -0.25) is 9.59 Å². The molecular formula is C16H20O6. The summed E-state index contributed by atoms with van der Waals surface area (Å²) in [4.78, 5) is 34.7. The number of cyclic esters (lactones) is 1. The van der Waals surface area contributed by atoms with Crippen molar-refractivity contribution < 1.29 is 29.0 Å². The third-order valence-corrected chi connectivity index (χ3v) is 3.98. The molecule has 0 aromatic heterocycles. The third kappa shape index (κ3) is 3.21. The molecule has 0 saturated carbocycles. The van der Waals surface area contributed by atoms with Crippen LogP contribution in [0.3, 0.4) is 0 Å². The Labute approximate surface area is 128 Å². The minimum atomic E-state index is -1.26. The zero-order valence-corrected chi connectivity index (χ0v) is 12.9. The van der Waals surface area contributed by atoms with Crippen molar-refractivity contribution in [3.8, 4) is 0 Å². The number of carboxylic acid groups (broad SMARTS) is 1. The first-order chi connectivity index (χ1) is 10.3. The van der Waals surface area contributed by atoms with E-state index in [1.807, 2.05) is 13.0 Å². The van der Waals surface area contributed by atoms with Gasteiger partial charge in [-0.1, -0.05) is 20.3 Å². The van der Waals surface area contributed by atoms with Gasteiger partial charge < -0.3 is 14.6 Å². The largest absolute Gasteiger partial charge is 0.482 e. The van der Waals surface area contributed by atoms with Gasteiger partial charge in [-0.15, -0.1) is 0 Å². The highest BCUT2D eigenvalue weighted by atomic mass is 16.6. The standard InChI is InChI=1S/C16H20O6/c1-4-9(2)8-16(3)6-5-10(22-16)13-14(19)11(7-12(17)18)21-15(13)20/h5-6,9,11H,4,7-8H2,1-3H3,(H,17,18)/b13-10-/t9?,11-,16-/m1/s1. The molecule has 2 rings (SSSR count). The van der Waals surface area contributed by atoms with Crippen LogP contribution in [0.5, 0.6) is 0 Å². The van der Waals surface area contributed by atoms with Gasteiger partial charge in [0.2, 0.25) is 5.78 Å². The number of hydrogen-bond acceptors (Lipinski definition) is 5. The Morgan fingerprint density at radius 2 is 2.14 bits per heavy atom. The van der Waals surface area contributed by atoms with E-state index < -0.39 is 35.8 Å². The lowest BCUT2D eigenvalue weighted by Gasteiger charge is -2.26. The highest BCUT2D eigenvalue weighted by Crippen LogP contribution is 2.35. The van der Waals surface area contributed by atoms with E-state index in [9.17, 15) is 14.4 Å². The summed E-state index contributed by atoms with van der Waals surface area (Å²) >= 11 is 0. The highest BCUT2D eigenvalue weighted by Gasteiger charge is 2.44. The van der Waals surface area contributed by atoms with Crippen LogP contribution in [-0.2, 0) is 23.9 Å². The van der Waals surface area contributed by atoms with Crippen LogP contribution in [0.1, 0.15) is 40.0 Å². The Kier molecular flexibility index (Phi) is 4.39. The van der Waals surface area contributed by atoms with Crippen LogP contribution in [0.15, 0.2) is 23.5 Å². The second-order valence-electron chi connectivity index (χ2n) is 6.06. The number of esters is 1. The maximum atomic E-state index is 12.1. The van der Waals surface area contributed by atoms with Gasteiger partial charge in [0.1, 0.15) is 16.9 Å². The molecule has 1 saturated heterocycles. The highest BCUT2D eigenvalue weighted by molar-refractivity contribution is 6.24. The molecule has 120 valence electrons. The molecule has 2 aliphatic rings. The molecule has 1 N–H and O–H groups in total. The number of aliphatic carboxylic acids is 1. The molecule has 0 aromatic carbocycles. The van der Waals surface area contributed by atoms with Gasteiger partial charge in [-0.25, -0.2) is 4.79 Å². The summed E-state index contributed by atoms with van der Waals surface area (Å²) in [5.74, 6) is -2.02. The van der Waals surface area contributed by atoms with Gasteiger partial charge in [-0.05, 0) is 31.4 Å². The minimum absolute atomic E-state index is 0.175. The number of carbonyl (C=O) groups is 3. The Bertz CT molecular complexity index is 573. The molecule has 2 heterocycles. The number of ketones is 1. The van der Waals surface area contributed by atoms with E-state index in [1.54, 1.807) is 6.08 Å². The number of carbonyl (C=O) groups excluding carboxylic acids is 2. The first kappa shape index (κ1) is 16.3.